The Morgan fingerprint density at radius 1 is 1.16 bits per heavy atom. The van der Waals surface area contributed by atoms with Crippen LogP contribution >= 0.6 is 0 Å². The molecule has 0 bridgehead atoms. The lowest BCUT2D eigenvalue weighted by Crippen LogP contribution is -2.15. The molecule has 2 rings (SSSR count). The van der Waals surface area contributed by atoms with Crippen LogP contribution in [0.15, 0.2) is 29.3 Å². The van der Waals surface area contributed by atoms with Crippen molar-refractivity contribution in [2.75, 3.05) is 19.5 Å². The Kier molecular flexibility index (Phi) is 5.07. The van der Waals surface area contributed by atoms with Crippen molar-refractivity contribution in [1.82, 2.24) is 9.97 Å². The van der Waals surface area contributed by atoms with Gasteiger partial charge >= 0.3 is 23.2 Å². The number of carbonyl (C=O) groups excluding carboxylic acids is 2. The standard InChI is InChI=1S/C14H12N4O7/c1-24-13(20)7-3-8(14(21)25-2)5-9(4-7)17-11-10(18(22)23)12(19)16-6-15-11/h3-6H,1-2H3,(H2,15,16,17,19). The van der Waals surface area contributed by atoms with E-state index in [-0.39, 0.29) is 22.6 Å². The summed E-state index contributed by atoms with van der Waals surface area (Å²) in [7, 11) is 2.31. The van der Waals surface area contributed by atoms with Gasteiger partial charge in [-0.1, -0.05) is 0 Å². The van der Waals surface area contributed by atoms with E-state index in [0.717, 1.165) is 20.5 Å². The van der Waals surface area contributed by atoms with Gasteiger partial charge in [0.2, 0.25) is 5.82 Å². The molecule has 11 heteroatoms. The highest BCUT2D eigenvalue weighted by atomic mass is 16.6. The topological polar surface area (TPSA) is 154 Å². The predicted octanol–water partition coefficient (Wildman–Crippen LogP) is 0.995. The van der Waals surface area contributed by atoms with E-state index in [4.69, 9.17) is 0 Å². The first-order chi connectivity index (χ1) is 11.9. The third kappa shape index (κ3) is 3.77. The molecule has 0 amide bonds. The van der Waals surface area contributed by atoms with Crippen LogP contribution in [-0.4, -0.2) is 41.0 Å². The van der Waals surface area contributed by atoms with Gasteiger partial charge in [0, 0.05) is 5.69 Å². The third-order valence-electron chi connectivity index (χ3n) is 3.05. The van der Waals surface area contributed by atoms with E-state index in [1.165, 1.54) is 18.2 Å². The molecule has 0 saturated carbocycles. The summed E-state index contributed by atoms with van der Waals surface area (Å²) in [5.74, 6) is -1.82. The minimum Gasteiger partial charge on any atom is -0.465 e. The first kappa shape index (κ1) is 17.6. The molecule has 130 valence electrons. The van der Waals surface area contributed by atoms with Crippen molar-refractivity contribution >= 4 is 29.1 Å². The molecule has 1 aromatic carbocycles. The molecular weight excluding hydrogens is 336 g/mol. The second kappa shape index (κ2) is 7.21. The zero-order valence-electron chi connectivity index (χ0n) is 13.1. The van der Waals surface area contributed by atoms with Crippen molar-refractivity contribution in [2.45, 2.75) is 0 Å². The zero-order valence-corrected chi connectivity index (χ0v) is 13.1. The van der Waals surface area contributed by atoms with E-state index in [2.05, 4.69) is 24.8 Å². The van der Waals surface area contributed by atoms with E-state index in [0.29, 0.717) is 0 Å². The highest BCUT2D eigenvalue weighted by Crippen LogP contribution is 2.24. The number of H-pyrrole nitrogens is 1. The van der Waals surface area contributed by atoms with Crippen LogP contribution in [0.1, 0.15) is 20.7 Å². The van der Waals surface area contributed by atoms with Gasteiger partial charge in [0.05, 0.1) is 36.6 Å². The quantitative estimate of drug-likeness (QED) is 0.457. The Morgan fingerprint density at radius 2 is 1.72 bits per heavy atom. The van der Waals surface area contributed by atoms with Gasteiger partial charge in [0.25, 0.3) is 0 Å². The Morgan fingerprint density at radius 3 is 2.20 bits per heavy atom. The van der Waals surface area contributed by atoms with Crippen LogP contribution in [-0.2, 0) is 9.47 Å². The molecule has 0 fully saturated rings. The minimum absolute atomic E-state index is 0.000364. The monoisotopic (exact) mass is 348 g/mol. The van der Waals surface area contributed by atoms with Crippen molar-refractivity contribution in [1.29, 1.82) is 0 Å². The molecule has 0 saturated heterocycles. The number of methoxy groups -OCH3 is 2. The largest absolute Gasteiger partial charge is 0.465 e. The molecule has 0 atom stereocenters. The molecular formula is C14H12N4O7. The van der Waals surface area contributed by atoms with Crippen molar-refractivity contribution in [3.63, 3.8) is 0 Å². The van der Waals surface area contributed by atoms with Crippen molar-refractivity contribution < 1.29 is 24.0 Å². The summed E-state index contributed by atoms with van der Waals surface area (Å²) in [5.41, 5.74) is -1.67. The average Bonchev–Trinajstić information content (AvgIpc) is 2.59. The van der Waals surface area contributed by atoms with E-state index >= 15 is 0 Å². The average molecular weight is 348 g/mol. The maximum absolute atomic E-state index is 11.7. The van der Waals surface area contributed by atoms with Gasteiger partial charge in [-0.25, -0.2) is 14.6 Å². The van der Waals surface area contributed by atoms with Gasteiger partial charge < -0.3 is 19.8 Å². The Balaban J connectivity index is 2.55. The van der Waals surface area contributed by atoms with Crippen LogP contribution in [0, 0.1) is 10.1 Å². The Bertz CT molecular complexity index is 872. The molecule has 0 radical (unpaired) electrons. The van der Waals surface area contributed by atoms with Gasteiger partial charge in [-0.15, -0.1) is 0 Å². The summed E-state index contributed by atoms with van der Waals surface area (Å²) in [6.45, 7) is 0. The second-order valence-electron chi connectivity index (χ2n) is 4.59. The van der Waals surface area contributed by atoms with Crippen LogP contribution < -0.4 is 10.9 Å². The van der Waals surface area contributed by atoms with Gasteiger partial charge in [-0.05, 0) is 18.2 Å². The number of aromatic nitrogens is 2. The molecule has 1 heterocycles. The summed E-state index contributed by atoms with van der Waals surface area (Å²) in [4.78, 5) is 51.0. The van der Waals surface area contributed by atoms with Crippen LogP contribution in [0.2, 0.25) is 0 Å². The molecule has 0 spiro atoms. The third-order valence-corrected chi connectivity index (χ3v) is 3.05. The smallest absolute Gasteiger partial charge is 0.376 e. The fourth-order valence-electron chi connectivity index (χ4n) is 1.96. The van der Waals surface area contributed by atoms with Gasteiger partial charge in [0.15, 0.2) is 0 Å². The van der Waals surface area contributed by atoms with Crippen molar-refractivity contribution in [3.8, 4) is 0 Å². The van der Waals surface area contributed by atoms with Crippen LogP contribution in [0.3, 0.4) is 0 Å². The maximum Gasteiger partial charge on any atom is 0.376 e. The number of carbonyl (C=O) groups is 2. The summed E-state index contributed by atoms with van der Waals surface area (Å²) in [6.07, 6.45) is 0.975. The number of nitrogens with zero attached hydrogens (tertiary/aromatic N) is 2. The number of esters is 2. The summed E-state index contributed by atoms with van der Waals surface area (Å²) < 4.78 is 9.19. The number of anilines is 2. The van der Waals surface area contributed by atoms with Gasteiger partial charge in [-0.2, -0.15) is 0 Å². The first-order valence-electron chi connectivity index (χ1n) is 6.68. The second-order valence-corrected chi connectivity index (χ2v) is 4.59. The summed E-state index contributed by atoms with van der Waals surface area (Å²) in [6, 6.07) is 3.80. The van der Waals surface area contributed by atoms with Gasteiger partial charge in [-0.3, -0.25) is 14.9 Å². The van der Waals surface area contributed by atoms with Crippen molar-refractivity contribution in [3.05, 3.63) is 56.1 Å². The highest BCUT2D eigenvalue weighted by molar-refractivity contribution is 5.97. The lowest BCUT2D eigenvalue weighted by molar-refractivity contribution is -0.385. The number of ether oxygens (including phenoxy) is 2. The molecule has 0 aliphatic heterocycles. The number of rotatable bonds is 5. The molecule has 1 aromatic heterocycles. The van der Waals surface area contributed by atoms with Crippen LogP contribution in [0.4, 0.5) is 17.2 Å². The van der Waals surface area contributed by atoms with E-state index in [9.17, 15) is 24.5 Å². The normalized spacial score (nSPS) is 10.0. The highest BCUT2D eigenvalue weighted by Gasteiger charge is 2.22. The van der Waals surface area contributed by atoms with Crippen LogP contribution in [0.25, 0.3) is 0 Å². The molecule has 11 nitrogen and oxygen atoms in total. The molecule has 25 heavy (non-hydrogen) atoms. The first-order valence-corrected chi connectivity index (χ1v) is 6.68. The minimum atomic E-state index is -0.959. The SMILES string of the molecule is COC(=O)c1cc(Nc2nc[nH]c(=O)c2[N+](=O)[O-])cc(C(=O)OC)c1. The molecule has 2 N–H and O–H groups in total. The fourth-order valence-corrected chi connectivity index (χ4v) is 1.96. The number of benzene rings is 1. The van der Waals surface area contributed by atoms with Gasteiger partial charge in [0.1, 0.15) is 0 Å². The maximum atomic E-state index is 11.7. The number of hydrogen-bond donors (Lipinski definition) is 2. The molecule has 0 aliphatic carbocycles. The molecule has 2 aromatic rings. The summed E-state index contributed by atoms with van der Waals surface area (Å²) >= 11 is 0. The predicted molar refractivity (Wildman–Crippen MR) is 83.9 cm³/mol. The lowest BCUT2D eigenvalue weighted by Gasteiger charge is -2.09. The Labute approximate surface area is 139 Å². The van der Waals surface area contributed by atoms with E-state index in [1.54, 1.807) is 0 Å². The number of aromatic amines is 1. The number of hydrogen-bond acceptors (Lipinski definition) is 9. The summed E-state index contributed by atoms with van der Waals surface area (Å²) in [5, 5.41) is 13.6. The lowest BCUT2D eigenvalue weighted by atomic mass is 10.1. The van der Waals surface area contributed by atoms with E-state index < -0.39 is 28.1 Å². The molecule has 0 unspecified atom stereocenters. The fraction of sp³-hybridized carbons (Fsp3) is 0.143. The van der Waals surface area contributed by atoms with Crippen molar-refractivity contribution in [2.24, 2.45) is 0 Å². The molecule has 0 aliphatic rings. The van der Waals surface area contributed by atoms with Crippen LogP contribution in [0.5, 0.6) is 0 Å². The number of nitro groups is 1. The number of nitrogens with one attached hydrogen (secondary N) is 2. The Hall–Kier alpha value is -3.76. The zero-order chi connectivity index (χ0) is 18.6. The van der Waals surface area contributed by atoms with E-state index in [1.807, 2.05) is 0 Å².